The molecule has 0 radical (unpaired) electrons. The number of carbonyl (C=O) groups is 1. The number of hydrogen-bond donors (Lipinski definition) is 3. The van der Waals surface area contributed by atoms with Crippen LogP contribution in [0.4, 0.5) is 0 Å². The zero-order chi connectivity index (χ0) is 20.5. The van der Waals surface area contributed by atoms with E-state index < -0.39 is 0 Å². The number of nitrogens with zero attached hydrogens (tertiary/aromatic N) is 1. The molecular weight excluding hydrogens is 447 g/mol. The fourth-order valence-corrected chi connectivity index (χ4v) is 5.78. The van der Waals surface area contributed by atoms with Gasteiger partial charge in [-0.05, 0) is 68.4 Å². The summed E-state index contributed by atoms with van der Waals surface area (Å²) in [6.45, 7) is 3.88. The van der Waals surface area contributed by atoms with Crippen molar-refractivity contribution in [3.8, 4) is 11.3 Å². The number of fused-ring (bicyclic) bond motifs is 4. The lowest BCUT2D eigenvalue weighted by atomic mass is 9.73. The van der Waals surface area contributed by atoms with Crippen LogP contribution in [0.25, 0.3) is 11.3 Å². The molecule has 0 aliphatic carbocycles. The van der Waals surface area contributed by atoms with Crippen molar-refractivity contribution in [3.05, 3.63) is 58.4 Å². The first-order chi connectivity index (χ1) is 14.7. The van der Waals surface area contributed by atoms with Gasteiger partial charge in [0.1, 0.15) is 5.56 Å². The lowest BCUT2D eigenvalue weighted by Crippen LogP contribution is -2.65. The van der Waals surface area contributed by atoms with Crippen LogP contribution in [0.15, 0.2) is 47.3 Å². The van der Waals surface area contributed by atoms with Crippen LogP contribution in [0, 0.1) is 11.8 Å². The van der Waals surface area contributed by atoms with Gasteiger partial charge in [0.25, 0.3) is 11.5 Å². The molecule has 5 rings (SSSR count). The molecule has 3 fully saturated rings. The molecule has 4 atom stereocenters. The van der Waals surface area contributed by atoms with E-state index in [4.69, 9.17) is 0 Å². The maximum Gasteiger partial charge on any atom is 0.261 e. The number of pyridine rings is 1. The average molecular weight is 479 g/mol. The van der Waals surface area contributed by atoms with Crippen LogP contribution in [0.2, 0.25) is 0 Å². The van der Waals surface area contributed by atoms with Crippen LogP contribution in [0.1, 0.15) is 36.0 Å². The van der Waals surface area contributed by atoms with Gasteiger partial charge in [-0.2, -0.15) is 0 Å². The number of piperidine rings is 3. The SMILES string of the molecule is Cl.Cl.O=C(NC[C@H]1[C@@H]2CNC[C@@H](C2)[C@@H]2CCCCN21)c1ccc(-c2ccccc2)[nH]c1=O. The minimum Gasteiger partial charge on any atom is -0.350 e. The smallest absolute Gasteiger partial charge is 0.261 e. The van der Waals surface area contributed by atoms with Crippen molar-refractivity contribution in [1.29, 1.82) is 0 Å². The predicted octanol–water partition coefficient (Wildman–Crippen LogP) is 3.08. The van der Waals surface area contributed by atoms with Crippen LogP contribution >= 0.6 is 24.8 Å². The van der Waals surface area contributed by atoms with Gasteiger partial charge in [0.2, 0.25) is 0 Å². The number of amides is 1. The summed E-state index contributed by atoms with van der Waals surface area (Å²) in [7, 11) is 0. The van der Waals surface area contributed by atoms with E-state index in [0.29, 0.717) is 24.5 Å². The number of aromatic amines is 1. The standard InChI is InChI=1S/C24H30N4O2.2ClH/c29-23(19-9-10-20(27-24(19)30)16-6-2-1-3-7-16)26-15-22-18-12-17(13-25-14-18)21-8-4-5-11-28(21)22;;/h1-3,6-7,9-10,17-18,21-22,25H,4-5,8,11-15H2,(H,26,29)(H,27,30);2*1H/t17-,18+,21+,22+;;/m1../s1. The van der Waals surface area contributed by atoms with Crippen molar-refractivity contribution in [2.24, 2.45) is 11.8 Å². The summed E-state index contributed by atoms with van der Waals surface area (Å²) >= 11 is 0. The first-order valence-corrected chi connectivity index (χ1v) is 11.2. The molecule has 6 nitrogen and oxygen atoms in total. The number of nitrogens with one attached hydrogen (secondary N) is 3. The topological polar surface area (TPSA) is 77.2 Å². The molecule has 174 valence electrons. The van der Waals surface area contributed by atoms with E-state index in [1.54, 1.807) is 6.07 Å². The van der Waals surface area contributed by atoms with E-state index in [1.165, 1.54) is 25.7 Å². The molecular formula is C24H32Cl2N4O2. The molecule has 1 amide bonds. The second kappa shape index (κ2) is 10.8. The molecule has 0 saturated carbocycles. The van der Waals surface area contributed by atoms with E-state index in [0.717, 1.165) is 36.8 Å². The first kappa shape index (κ1) is 24.8. The lowest BCUT2D eigenvalue weighted by Gasteiger charge is -2.55. The molecule has 0 unspecified atom stereocenters. The van der Waals surface area contributed by atoms with E-state index >= 15 is 0 Å². The van der Waals surface area contributed by atoms with Crippen LogP contribution < -0.4 is 16.2 Å². The van der Waals surface area contributed by atoms with Gasteiger partial charge in [0.05, 0.1) is 0 Å². The minimum atomic E-state index is -0.340. The van der Waals surface area contributed by atoms with Gasteiger partial charge in [-0.15, -0.1) is 24.8 Å². The molecule has 32 heavy (non-hydrogen) atoms. The Morgan fingerprint density at radius 3 is 2.59 bits per heavy atom. The zero-order valence-corrected chi connectivity index (χ0v) is 19.7. The quantitative estimate of drug-likeness (QED) is 0.630. The number of carbonyl (C=O) groups excluding carboxylic acids is 1. The molecule has 3 aliphatic rings. The van der Waals surface area contributed by atoms with Crippen LogP contribution in [-0.2, 0) is 0 Å². The van der Waals surface area contributed by atoms with E-state index in [2.05, 4.69) is 20.5 Å². The Labute approximate surface area is 201 Å². The summed E-state index contributed by atoms with van der Waals surface area (Å²) < 4.78 is 0. The van der Waals surface area contributed by atoms with E-state index in [-0.39, 0.29) is 41.8 Å². The monoisotopic (exact) mass is 478 g/mol. The summed E-state index contributed by atoms with van der Waals surface area (Å²) in [4.78, 5) is 30.9. The number of hydrogen-bond acceptors (Lipinski definition) is 4. The third-order valence-electron chi connectivity index (χ3n) is 7.24. The molecule has 1 aromatic carbocycles. The maximum absolute atomic E-state index is 12.8. The third kappa shape index (κ3) is 4.88. The highest BCUT2D eigenvalue weighted by Gasteiger charge is 2.45. The molecule has 4 heterocycles. The fraction of sp³-hybridized carbons (Fsp3) is 0.500. The van der Waals surface area contributed by atoms with Crippen LogP contribution in [0.5, 0.6) is 0 Å². The Hall–Kier alpha value is -1.86. The van der Waals surface area contributed by atoms with Gasteiger partial charge in [-0.1, -0.05) is 36.8 Å². The van der Waals surface area contributed by atoms with Gasteiger partial charge < -0.3 is 15.6 Å². The average Bonchev–Trinajstić information content (AvgIpc) is 2.79. The van der Waals surface area contributed by atoms with E-state index in [9.17, 15) is 9.59 Å². The van der Waals surface area contributed by atoms with Gasteiger partial charge in [0, 0.05) is 24.3 Å². The van der Waals surface area contributed by atoms with Gasteiger partial charge in [0.15, 0.2) is 0 Å². The lowest BCUT2D eigenvalue weighted by molar-refractivity contribution is -0.0371. The van der Waals surface area contributed by atoms with Crippen molar-refractivity contribution >= 4 is 30.7 Å². The van der Waals surface area contributed by atoms with Gasteiger partial charge >= 0.3 is 0 Å². The number of benzene rings is 1. The molecule has 3 N–H and O–H groups in total. The Balaban J connectivity index is 0.00000144. The maximum atomic E-state index is 12.8. The molecule has 3 aliphatic heterocycles. The highest BCUT2D eigenvalue weighted by molar-refractivity contribution is 5.94. The van der Waals surface area contributed by atoms with Crippen molar-refractivity contribution in [3.63, 3.8) is 0 Å². The second-order valence-corrected chi connectivity index (χ2v) is 8.97. The normalized spacial score (nSPS) is 26.8. The Morgan fingerprint density at radius 2 is 1.81 bits per heavy atom. The van der Waals surface area contributed by atoms with Crippen LogP contribution in [0.3, 0.4) is 0 Å². The largest absolute Gasteiger partial charge is 0.350 e. The first-order valence-electron chi connectivity index (χ1n) is 11.2. The van der Waals surface area contributed by atoms with Crippen molar-refractivity contribution in [2.45, 2.75) is 37.8 Å². The summed E-state index contributed by atoms with van der Waals surface area (Å²) in [6.07, 6.45) is 5.07. The Morgan fingerprint density at radius 1 is 1.03 bits per heavy atom. The number of halogens is 2. The number of H-pyrrole nitrogens is 1. The molecule has 0 spiro atoms. The molecule has 1 aromatic heterocycles. The van der Waals surface area contributed by atoms with Crippen molar-refractivity contribution < 1.29 is 4.79 Å². The van der Waals surface area contributed by atoms with Gasteiger partial charge in [-0.25, -0.2) is 0 Å². The molecule has 2 bridgehead atoms. The highest BCUT2D eigenvalue weighted by Crippen LogP contribution is 2.38. The summed E-state index contributed by atoms with van der Waals surface area (Å²) in [5.41, 5.74) is 1.49. The van der Waals surface area contributed by atoms with E-state index in [1.807, 2.05) is 36.4 Å². The number of aromatic nitrogens is 1. The molecule has 2 aromatic rings. The van der Waals surface area contributed by atoms with Crippen molar-refractivity contribution in [2.75, 3.05) is 26.2 Å². The second-order valence-electron chi connectivity index (χ2n) is 8.97. The van der Waals surface area contributed by atoms with Crippen molar-refractivity contribution in [1.82, 2.24) is 20.5 Å². The number of rotatable bonds is 4. The Bertz CT molecular complexity index is 968. The predicted molar refractivity (Wildman–Crippen MR) is 132 cm³/mol. The zero-order valence-electron chi connectivity index (χ0n) is 18.1. The molecule has 8 heteroatoms. The van der Waals surface area contributed by atoms with Crippen LogP contribution in [-0.4, -0.2) is 54.1 Å². The minimum absolute atomic E-state index is 0. The third-order valence-corrected chi connectivity index (χ3v) is 7.24. The summed E-state index contributed by atoms with van der Waals surface area (Å²) in [6, 6.07) is 14.1. The fourth-order valence-electron chi connectivity index (χ4n) is 5.78. The Kier molecular flexibility index (Phi) is 8.39. The molecule has 3 saturated heterocycles. The highest BCUT2D eigenvalue weighted by atomic mass is 35.5. The summed E-state index contributed by atoms with van der Waals surface area (Å²) in [5.74, 6) is 1.02. The van der Waals surface area contributed by atoms with Gasteiger partial charge in [-0.3, -0.25) is 14.5 Å². The summed E-state index contributed by atoms with van der Waals surface area (Å²) in [5, 5.41) is 6.68.